The number of anilines is 1. The Bertz CT molecular complexity index is 449. The maximum atomic E-state index is 12.4. The van der Waals surface area contributed by atoms with Gasteiger partial charge in [-0.25, -0.2) is 0 Å². The zero-order valence-corrected chi connectivity index (χ0v) is 12.3. The first-order valence-corrected chi connectivity index (χ1v) is 7.10. The summed E-state index contributed by atoms with van der Waals surface area (Å²) in [5.41, 5.74) is 0.369. The monoisotopic (exact) mass is 278 g/mol. The van der Waals surface area contributed by atoms with E-state index in [1.54, 1.807) is 24.1 Å². The van der Waals surface area contributed by atoms with E-state index in [1.807, 2.05) is 6.92 Å². The summed E-state index contributed by atoms with van der Waals surface area (Å²) in [5, 5.41) is 11.2. The lowest BCUT2D eigenvalue weighted by Crippen LogP contribution is -2.41. The predicted molar refractivity (Wildman–Crippen MR) is 76.7 cm³/mol. The van der Waals surface area contributed by atoms with E-state index in [0.717, 1.165) is 19.4 Å². The molecule has 1 aromatic heterocycles. The van der Waals surface area contributed by atoms with Gasteiger partial charge in [0.05, 0.1) is 12.1 Å². The van der Waals surface area contributed by atoms with Crippen molar-refractivity contribution in [2.75, 3.05) is 25.5 Å². The molecule has 110 valence electrons. The van der Waals surface area contributed by atoms with E-state index < -0.39 is 0 Å². The molecule has 0 radical (unpaired) electrons. The van der Waals surface area contributed by atoms with Crippen LogP contribution in [0, 0.1) is 0 Å². The van der Waals surface area contributed by atoms with Crippen LogP contribution in [0.4, 0.5) is 5.82 Å². The lowest BCUT2D eigenvalue weighted by atomic mass is 10.1. The van der Waals surface area contributed by atoms with Crippen LogP contribution in [0.25, 0.3) is 0 Å². The van der Waals surface area contributed by atoms with Crippen molar-refractivity contribution in [1.82, 2.24) is 15.1 Å². The molecule has 20 heavy (non-hydrogen) atoms. The van der Waals surface area contributed by atoms with Crippen molar-refractivity contribution in [1.29, 1.82) is 0 Å². The molecule has 2 heterocycles. The lowest BCUT2D eigenvalue weighted by molar-refractivity contribution is 0.0569. The minimum Gasteiger partial charge on any atom is -0.376 e. The fourth-order valence-electron chi connectivity index (χ4n) is 2.35. The van der Waals surface area contributed by atoms with Crippen molar-refractivity contribution in [2.45, 2.75) is 38.8 Å². The topological polar surface area (TPSA) is 67.4 Å². The molecule has 1 aliphatic heterocycles. The normalized spacial score (nSPS) is 21.8. The summed E-state index contributed by atoms with van der Waals surface area (Å²) in [7, 11) is 1.79. The van der Waals surface area contributed by atoms with Crippen molar-refractivity contribution in [3.8, 4) is 0 Å². The summed E-state index contributed by atoms with van der Waals surface area (Å²) in [6.45, 7) is 5.62. The van der Waals surface area contributed by atoms with Crippen LogP contribution in [-0.2, 0) is 4.74 Å². The number of carbonyl (C=O) groups excluding carboxylic acids is 1. The summed E-state index contributed by atoms with van der Waals surface area (Å²) >= 11 is 0. The van der Waals surface area contributed by atoms with Crippen molar-refractivity contribution >= 4 is 11.7 Å². The molecule has 1 aromatic rings. The van der Waals surface area contributed by atoms with Crippen LogP contribution < -0.4 is 5.32 Å². The second-order valence-corrected chi connectivity index (χ2v) is 5.08. The largest absolute Gasteiger partial charge is 0.376 e. The molecule has 6 heteroatoms. The SMILES string of the molecule is CCCNc1ccc(C(=O)N(C)C2CCOC2C)nn1. The van der Waals surface area contributed by atoms with Gasteiger partial charge in [0.1, 0.15) is 5.82 Å². The number of hydrogen-bond donors (Lipinski definition) is 1. The molecular formula is C14H22N4O2. The van der Waals surface area contributed by atoms with Crippen molar-refractivity contribution in [3.05, 3.63) is 17.8 Å². The van der Waals surface area contributed by atoms with Crippen molar-refractivity contribution in [3.63, 3.8) is 0 Å². The first kappa shape index (κ1) is 14.7. The Morgan fingerprint density at radius 1 is 1.50 bits per heavy atom. The molecule has 6 nitrogen and oxygen atoms in total. The van der Waals surface area contributed by atoms with Crippen LogP contribution in [0.5, 0.6) is 0 Å². The van der Waals surface area contributed by atoms with Crippen LogP contribution in [-0.4, -0.2) is 53.3 Å². The van der Waals surface area contributed by atoms with Crippen LogP contribution in [0.3, 0.4) is 0 Å². The molecule has 1 N–H and O–H groups in total. The van der Waals surface area contributed by atoms with Gasteiger partial charge in [-0.15, -0.1) is 10.2 Å². The number of ether oxygens (including phenoxy) is 1. The van der Waals surface area contributed by atoms with Gasteiger partial charge in [-0.3, -0.25) is 4.79 Å². The molecule has 1 aliphatic rings. The van der Waals surface area contributed by atoms with E-state index in [0.29, 0.717) is 18.1 Å². The summed E-state index contributed by atoms with van der Waals surface area (Å²) in [6.07, 6.45) is 1.96. The summed E-state index contributed by atoms with van der Waals surface area (Å²) in [6, 6.07) is 3.62. The van der Waals surface area contributed by atoms with Crippen LogP contribution in [0.1, 0.15) is 37.2 Å². The Kier molecular flexibility index (Phi) is 4.89. The molecule has 2 unspecified atom stereocenters. The molecule has 2 rings (SSSR count). The number of nitrogens with one attached hydrogen (secondary N) is 1. The van der Waals surface area contributed by atoms with Gasteiger partial charge in [0.25, 0.3) is 5.91 Å². The minimum atomic E-state index is -0.109. The van der Waals surface area contributed by atoms with Crippen LogP contribution >= 0.6 is 0 Å². The number of aromatic nitrogens is 2. The average Bonchev–Trinajstić information content (AvgIpc) is 2.90. The van der Waals surface area contributed by atoms with Crippen LogP contribution in [0.2, 0.25) is 0 Å². The van der Waals surface area contributed by atoms with E-state index in [-0.39, 0.29) is 18.1 Å². The first-order valence-electron chi connectivity index (χ1n) is 7.10. The third-order valence-electron chi connectivity index (χ3n) is 3.59. The molecule has 0 aromatic carbocycles. The molecule has 1 fully saturated rings. The maximum absolute atomic E-state index is 12.4. The van der Waals surface area contributed by atoms with Crippen molar-refractivity contribution < 1.29 is 9.53 Å². The van der Waals surface area contributed by atoms with Gasteiger partial charge in [-0.1, -0.05) is 6.92 Å². The Morgan fingerprint density at radius 2 is 2.30 bits per heavy atom. The highest BCUT2D eigenvalue weighted by atomic mass is 16.5. The summed E-state index contributed by atoms with van der Waals surface area (Å²) in [4.78, 5) is 14.1. The first-order chi connectivity index (χ1) is 9.63. The van der Waals surface area contributed by atoms with E-state index in [1.165, 1.54) is 0 Å². The number of hydrogen-bond acceptors (Lipinski definition) is 5. The van der Waals surface area contributed by atoms with Gasteiger partial charge in [-0.05, 0) is 31.9 Å². The highest BCUT2D eigenvalue weighted by Crippen LogP contribution is 2.19. The molecule has 2 atom stereocenters. The highest BCUT2D eigenvalue weighted by Gasteiger charge is 2.31. The standard InChI is InChI=1S/C14H22N4O2/c1-4-8-15-13-6-5-11(16-17-13)14(19)18(3)12-7-9-20-10(12)2/h5-6,10,12H,4,7-9H2,1-3H3,(H,15,17). The summed E-state index contributed by atoms with van der Waals surface area (Å²) < 4.78 is 5.50. The van der Waals surface area contributed by atoms with Gasteiger partial charge in [0, 0.05) is 20.2 Å². The molecule has 0 spiro atoms. The van der Waals surface area contributed by atoms with E-state index in [4.69, 9.17) is 4.74 Å². The molecule has 1 saturated heterocycles. The van der Waals surface area contributed by atoms with E-state index in [9.17, 15) is 4.79 Å². The zero-order chi connectivity index (χ0) is 14.5. The number of nitrogens with zero attached hydrogens (tertiary/aromatic N) is 3. The van der Waals surface area contributed by atoms with E-state index >= 15 is 0 Å². The van der Waals surface area contributed by atoms with Gasteiger partial charge in [0.15, 0.2) is 5.69 Å². The van der Waals surface area contributed by atoms with E-state index in [2.05, 4.69) is 22.4 Å². The molecule has 1 amide bonds. The maximum Gasteiger partial charge on any atom is 0.274 e. The Balaban J connectivity index is 2.01. The third-order valence-corrected chi connectivity index (χ3v) is 3.59. The Labute approximate surface area is 119 Å². The second-order valence-electron chi connectivity index (χ2n) is 5.08. The average molecular weight is 278 g/mol. The molecular weight excluding hydrogens is 256 g/mol. The van der Waals surface area contributed by atoms with Gasteiger partial charge in [-0.2, -0.15) is 0 Å². The fourth-order valence-corrected chi connectivity index (χ4v) is 2.35. The number of likely N-dealkylation sites (N-methyl/N-ethyl adjacent to an activating group) is 1. The minimum absolute atomic E-state index is 0.0717. The second kappa shape index (κ2) is 6.65. The Morgan fingerprint density at radius 3 is 2.85 bits per heavy atom. The lowest BCUT2D eigenvalue weighted by Gasteiger charge is -2.26. The van der Waals surface area contributed by atoms with Crippen molar-refractivity contribution in [2.24, 2.45) is 0 Å². The molecule has 0 saturated carbocycles. The number of amides is 1. The highest BCUT2D eigenvalue weighted by molar-refractivity contribution is 5.92. The fraction of sp³-hybridized carbons (Fsp3) is 0.643. The van der Waals surface area contributed by atoms with Gasteiger partial charge < -0.3 is 15.0 Å². The van der Waals surface area contributed by atoms with Gasteiger partial charge >= 0.3 is 0 Å². The smallest absolute Gasteiger partial charge is 0.274 e. The number of carbonyl (C=O) groups is 1. The summed E-state index contributed by atoms with van der Waals surface area (Å²) in [5.74, 6) is 0.588. The predicted octanol–water partition coefficient (Wildman–Crippen LogP) is 1.55. The van der Waals surface area contributed by atoms with Gasteiger partial charge in [0.2, 0.25) is 0 Å². The molecule has 0 aliphatic carbocycles. The quantitative estimate of drug-likeness (QED) is 0.885. The van der Waals surface area contributed by atoms with Crippen LogP contribution in [0.15, 0.2) is 12.1 Å². The zero-order valence-electron chi connectivity index (χ0n) is 12.3. The number of rotatable bonds is 5. The Hall–Kier alpha value is -1.69. The third kappa shape index (κ3) is 3.25. The molecule has 0 bridgehead atoms.